The van der Waals surface area contributed by atoms with Crippen LogP contribution in [0, 0.1) is 22.7 Å². The van der Waals surface area contributed by atoms with Gasteiger partial charge in [-0.05, 0) is 42.1 Å². The van der Waals surface area contributed by atoms with Crippen LogP contribution in [0.1, 0.15) is 33.6 Å². The summed E-state index contributed by atoms with van der Waals surface area (Å²) >= 11 is 0. The van der Waals surface area contributed by atoms with E-state index in [1.54, 1.807) is 0 Å². The first kappa shape index (κ1) is 7.60. The Morgan fingerprint density at radius 3 is 2.18 bits per heavy atom. The summed E-state index contributed by atoms with van der Waals surface area (Å²) in [6.45, 7) is 8.16. The molecule has 0 aromatic carbocycles. The third-order valence-corrected chi connectivity index (χ3v) is 4.93. The van der Waals surface area contributed by atoms with E-state index in [9.17, 15) is 0 Å². The van der Waals surface area contributed by atoms with Crippen LogP contribution in [-0.4, -0.2) is 6.54 Å². The number of fused-ring (bicyclic) bond motifs is 1. The first-order chi connectivity index (χ1) is 5.04. The van der Waals surface area contributed by atoms with E-state index in [1.165, 1.54) is 12.8 Å². The summed E-state index contributed by atoms with van der Waals surface area (Å²) in [6, 6.07) is 0. The minimum atomic E-state index is 0.576. The fourth-order valence-corrected chi connectivity index (χ4v) is 3.70. The maximum Gasteiger partial charge on any atom is -0.00406 e. The van der Waals surface area contributed by atoms with Crippen molar-refractivity contribution in [1.29, 1.82) is 0 Å². The summed E-state index contributed by atoms with van der Waals surface area (Å²) < 4.78 is 0. The molecule has 3 fully saturated rings. The van der Waals surface area contributed by atoms with Gasteiger partial charge in [0.15, 0.2) is 0 Å². The second-order valence-corrected chi connectivity index (χ2v) is 5.13. The van der Waals surface area contributed by atoms with Crippen LogP contribution in [0.5, 0.6) is 0 Å². The molecule has 1 nitrogen and oxygen atoms in total. The molecule has 0 spiro atoms. The molecule has 0 heterocycles. The summed E-state index contributed by atoms with van der Waals surface area (Å²) in [5.74, 6) is 1.76. The van der Waals surface area contributed by atoms with Gasteiger partial charge < -0.3 is 5.73 Å². The van der Waals surface area contributed by atoms with Gasteiger partial charge in [-0.3, -0.25) is 0 Å². The second kappa shape index (κ2) is 1.82. The minimum Gasteiger partial charge on any atom is -0.330 e. The molecule has 3 aliphatic carbocycles. The highest BCUT2D eigenvalue weighted by Crippen LogP contribution is 2.73. The van der Waals surface area contributed by atoms with Crippen molar-refractivity contribution < 1.29 is 0 Å². The molecule has 3 rings (SSSR count). The normalized spacial score (nSPS) is 52.4. The molecule has 64 valence electrons. The Kier molecular flexibility index (Phi) is 1.26. The fourth-order valence-electron chi connectivity index (χ4n) is 3.70. The number of hydrogen-bond donors (Lipinski definition) is 1. The third kappa shape index (κ3) is 0.581. The lowest BCUT2D eigenvalue weighted by atomic mass is 9.45. The van der Waals surface area contributed by atoms with E-state index in [-0.39, 0.29) is 0 Å². The van der Waals surface area contributed by atoms with Crippen molar-refractivity contribution in [3.05, 3.63) is 0 Å². The van der Waals surface area contributed by atoms with Gasteiger partial charge in [-0.25, -0.2) is 0 Å². The van der Waals surface area contributed by atoms with Gasteiger partial charge in [0, 0.05) is 0 Å². The van der Waals surface area contributed by atoms with Gasteiger partial charge >= 0.3 is 0 Å². The van der Waals surface area contributed by atoms with Crippen molar-refractivity contribution in [1.82, 2.24) is 0 Å². The van der Waals surface area contributed by atoms with Gasteiger partial charge in [0.25, 0.3) is 0 Å². The van der Waals surface area contributed by atoms with E-state index in [2.05, 4.69) is 20.8 Å². The monoisotopic (exact) mass is 153 g/mol. The van der Waals surface area contributed by atoms with Crippen molar-refractivity contribution in [3.63, 3.8) is 0 Å². The zero-order valence-electron chi connectivity index (χ0n) is 7.85. The van der Waals surface area contributed by atoms with Gasteiger partial charge in [0.2, 0.25) is 0 Å². The molecule has 0 unspecified atom stereocenters. The van der Waals surface area contributed by atoms with Gasteiger partial charge in [-0.15, -0.1) is 0 Å². The Bertz CT molecular complexity index is 185. The van der Waals surface area contributed by atoms with Crippen LogP contribution in [0.2, 0.25) is 0 Å². The summed E-state index contributed by atoms with van der Waals surface area (Å²) in [5, 5.41) is 0. The maximum absolute atomic E-state index is 5.76. The van der Waals surface area contributed by atoms with Crippen molar-refractivity contribution in [2.45, 2.75) is 33.6 Å². The van der Waals surface area contributed by atoms with Gasteiger partial charge in [0.1, 0.15) is 0 Å². The number of hydrogen-bond acceptors (Lipinski definition) is 1. The molecule has 1 heteroatoms. The van der Waals surface area contributed by atoms with E-state index in [0.29, 0.717) is 10.8 Å². The van der Waals surface area contributed by atoms with Crippen LogP contribution >= 0.6 is 0 Å². The molecule has 0 aromatic rings. The van der Waals surface area contributed by atoms with E-state index in [4.69, 9.17) is 5.73 Å². The molecule has 0 aromatic heterocycles. The Hall–Kier alpha value is -0.0400. The molecule has 0 amide bonds. The van der Waals surface area contributed by atoms with Gasteiger partial charge in [-0.1, -0.05) is 20.8 Å². The summed E-state index contributed by atoms with van der Waals surface area (Å²) in [4.78, 5) is 0. The predicted octanol–water partition coefficient (Wildman–Crippen LogP) is 2.02. The van der Waals surface area contributed by atoms with Crippen LogP contribution in [0.3, 0.4) is 0 Å². The van der Waals surface area contributed by atoms with E-state index in [1.807, 2.05) is 0 Å². The van der Waals surface area contributed by atoms with Crippen molar-refractivity contribution in [2.24, 2.45) is 28.4 Å². The molecule has 11 heavy (non-hydrogen) atoms. The SMILES string of the molecule is CC1(C)[C@@H]2CC[C@]1(C)[C@@H]2CN. The molecule has 2 N–H and O–H groups in total. The molecule has 2 bridgehead atoms. The lowest BCUT2D eigenvalue weighted by molar-refractivity contribution is -0.112. The Morgan fingerprint density at radius 1 is 1.36 bits per heavy atom. The van der Waals surface area contributed by atoms with Crippen LogP contribution in [0.25, 0.3) is 0 Å². The highest BCUT2D eigenvalue weighted by atomic mass is 14.8. The second-order valence-electron chi connectivity index (χ2n) is 5.13. The van der Waals surface area contributed by atoms with E-state index >= 15 is 0 Å². The molecule has 0 radical (unpaired) electrons. The Morgan fingerprint density at radius 2 is 2.00 bits per heavy atom. The quantitative estimate of drug-likeness (QED) is 0.612. The molecule has 0 saturated heterocycles. The number of rotatable bonds is 1. The van der Waals surface area contributed by atoms with Gasteiger partial charge in [-0.2, -0.15) is 0 Å². The van der Waals surface area contributed by atoms with Crippen LogP contribution in [-0.2, 0) is 0 Å². The molecular weight excluding hydrogens is 134 g/mol. The molecular formula is C10H19N. The smallest absolute Gasteiger partial charge is 0.00406 e. The standard InChI is InChI=1S/C10H19N/c1-9(2)7-4-5-10(9,3)8(7)6-11/h7-8H,4-6,11H2,1-3H3/t7-,8-,10-/m1/s1. The first-order valence-corrected chi connectivity index (χ1v) is 4.74. The van der Waals surface area contributed by atoms with Crippen LogP contribution < -0.4 is 5.73 Å². The zero-order valence-corrected chi connectivity index (χ0v) is 7.85. The van der Waals surface area contributed by atoms with E-state index < -0.39 is 0 Å². The molecule has 3 saturated carbocycles. The molecule has 3 aliphatic rings. The zero-order chi connectivity index (χ0) is 8.28. The molecule has 0 aliphatic heterocycles. The van der Waals surface area contributed by atoms with Crippen LogP contribution in [0.4, 0.5) is 0 Å². The first-order valence-electron chi connectivity index (χ1n) is 4.74. The average Bonchev–Trinajstić information content (AvgIpc) is 2.38. The largest absolute Gasteiger partial charge is 0.330 e. The Balaban J connectivity index is 2.28. The van der Waals surface area contributed by atoms with Crippen molar-refractivity contribution in [3.8, 4) is 0 Å². The van der Waals surface area contributed by atoms with Crippen LogP contribution in [0.15, 0.2) is 0 Å². The van der Waals surface area contributed by atoms with Crippen molar-refractivity contribution in [2.75, 3.05) is 6.54 Å². The maximum atomic E-state index is 5.76. The summed E-state index contributed by atoms with van der Waals surface area (Å²) in [7, 11) is 0. The predicted molar refractivity (Wildman–Crippen MR) is 47.2 cm³/mol. The van der Waals surface area contributed by atoms with Crippen molar-refractivity contribution >= 4 is 0 Å². The Labute approximate surface area is 69.4 Å². The summed E-state index contributed by atoms with van der Waals surface area (Å²) in [6.07, 6.45) is 2.83. The third-order valence-electron chi connectivity index (χ3n) is 4.93. The lowest BCUT2D eigenvalue weighted by Crippen LogP contribution is -2.57. The minimum absolute atomic E-state index is 0.576. The number of nitrogens with two attached hydrogens (primary N) is 1. The molecule has 3 atom stereocenters. The highest BCUT2D eigenvalue weighted by molar-refractivity contribution is 5.16. The topological polar surface area (TPSA) is 26.0 Å². The fraction of sp³-hybridized carbons (Fsp3) is 1.00. The average molecular weight is 153 g/mol. The summed E-state index contributed by atoms with van der Waals surface area (Å²) in [5.41, 5.74) is 6.92. The lowest BCUT2D eigenvalue weighted by Gasteiger charge is -2.60. The van der Waals surface area contributed by atoms with E-state index in [0.717, 1.165) is 18.4 Å². The highest BCUT2D eigenvalue weighted by Gasteiger charge is 2.67. The van der Waals surface area contributed by atoms with Gasteiger partial charge in [0.05, 0.1) is 0 Å².